The molecule has 1 fully saturated rings. The summed E-state index contributed by atoms with van der Waals surface area (Å²) in [6.07, 6.45) is -1.11. The number of amides is 2. The monoisotopic (exact) mass is 656 g/mol. The molecule has 2 amide bonds. The Morgan fingerprint density at radius 3 is 2.13 bits per heavy atom. The number of nitrogens with one attached hydrogen (secondary N) is 5. The lowest BCUT2D eigenvalue weighted by Gasteiger charge is -2.34. The van der Waals surface area contributed by atoms with E-state index < -0.39 is 65.7 Å². The van der Waals surface area contributed by atoms with Gasteiger partial charge in [-0.3, -0.25) is 28.8 Å². The molecule has 46 heavy (non-hydrogen) atoms. The molecule has 264 valence electrons. The van der Waals surface area contributed by atoms with E-state index in [0.29, 0.717) is 19.4 Å². The van der Waals surface area contributed by atoms with Crippen LogP contribution >= 0.6 is 0 Å². The van der Waals surface area contributed by atoms with Crippen LogP contribution in [0.15, 0.2) is 0 Å². The highest BCUT2D eigenvalue weighted by Gasteiger charge is 2.33. The highest BCUT2D eigenvalue weighted by molar-refractivity contribution is 5.98. The molecule has 0 unspecified atom stereocenters. The van der Waals surface area contributed by atoms with Crippen molar-refractivity contribution in [1.82, 2.24) is 26.8 Å². The number of esters is 1. The van der Waals surface area contributed by atoms with E-state index in [9.17, 15) is 33.9 Å². The van der Waals surface area contributed by atoms with Gasteiger partial charge in [-0.15, -0.1) is 0 Å². The van der Waals surface area contributed by atoms with Gasteiger partial charge in [-0.1, -0.05) is 13.8 Å². The van der Waals surface area contributed by atoms with E-state index in [0.717, 1.165) is 0 Å². The van der Waals surface area contributed by atoms with E-state index in [1.54, 1.807) is 41.5 Å². The number of Topliss-reactive ketones (excluding diaryl/α,β-unsaturated/α-hetero) is 3. The first-order valence-electron chi connectivity index (χ1n) is 16.0. The number of carbonyl (C=O) groups excluding carboxylic acids is 6. The number of ether oxygens (including phenoxy) is 2. The van der Waals surface area contributed by atoms with Gasteiger partial charge in [-0.25, -0.2) is 10.9 Å². The molecule has 0 spiro atoms. The topological polar surface area (TPSA) is 227 Å². The van der Waals surface area contributed by atoms with E-state index in [1.165, 1.54) is 0 Å². The molecule has 1 heterocycles. The third-order valence-electron chi connectivity index (χ3n) is 7.39. The van der Waals surface area contributed by atoms with Crippen molar-refractivity contribution >= 4 is 35.1 Å². The number of aliphatic hydroxyl groups excluding tert-OH is 1. The fourth-order valence-corrected chi connectivity index (χ4v) is 4.67. The number of nitrogens with two attached hydrogens (primary N) is 1. The Morgan fingerprint density at radius 1 is 0.935 bits per heavy atom. The second-order valence-electron chi connectivity index (χ2n) is 13.4. The van der Waals surface area contributed by atoms with Crippen molar-refractivity contribution in [2.45, 2.75) is 136 Å². The molecule has 1 aliphatic rings. The van der Waals surface area contributed by atoms with Crippen LogP contribution in [0.2, 0.25) is 0 Å². The molecule has 0 saturated carbocycles. The SMILES string of the molecule is CC(C)C[C@H](NN[C@@H](CC(N)=O)C(=O)CN[C@@H](C)C(=O)CCN[C@@H](C)C(=O)CC(=O)OC(C)(C)C)C(=O)N[C@H]1CCO[C@@H](C)[C@H]1O. The first-order chi connectivity index (χ1) is 21.3. The van der Waals surface area contributed by atoms with E-state index in [2.05, 4.69) is 26.8 Å². The third kappa shape index (κ3) is 16.1. The smallest absolute Gasteiger partial charge is 0.313 e. The van der Waals surface area contributed by atoms with E-state index >= 15 is 0 Å². The molecule has 1 rings (SSSR count). The Kier molecular flexibility index (Phi) is 17.7. The Hall–Kier alpha value is -2.82. The first kappa shape index (κ1) is 41.2. The molecular weight excluding hydrogens is 600 g/mol. The lowest BCUT2D eigenvalue weighted by Crippen LogP contribution is -2.60. The maximum Gasteiger partial charge on any atom is 0.313 e. The van der Waals surface area contributed by atoms with Gasteiger partial charge in [0.1, 0.15) is 24.2 Å². The molecule has 15 heteroatoms. The summed E-state index contributed by atoms with van der Waals surface area (Å²) >= 11 is 0. The van der Waals surface area contributed by atoms with Crippen molar-refractivity contribution in [3.05, 3.63) is 0 Å². The largest absolute Gasteiger partial charge is 0.460 e. The number of rotatable bonds is 21. The highest BCUT2D eigenvalue weighted by atomic mass is 16.6. The summed E-state index contributed by atoms with van der Waals surface area (Å²) in [7, 11) is 0. The predicted octanol–water partition coefficient (Wildman–Crippen LogP) is -0.821. The molecule has 0 aliphatic carbocycles. The lowest BCUT2D eigenvalue weighted by molar-refractivity contribution is -0.156. The summed E-state index contributed by atoms with van der Waals surface area (Å²) in [5.74, 6) is -2.66. The molecular formula is C31H56N6O9. The molecule has 15 nitrogen and oxygen atoms in total. The molecule has 8 N–H and O–H groups in total. The van der Waals surface area contributed by atoms with Crippen LogP contribution in [0, 0.1) is 5.92 Å². The number of hydrogen-bond acceptors (Lipinski definition) is 13. The van der Waals surface area contributed by atoms with Gasteiger partial charge in [0, 0.05) is 19.6 Å². The molecule has 0 radical (unpaired) electrons. The van der Waals surface area contributed by atoms with Crippen LogP contribution in [0.4, 0.5) is 0 Å². The van der Waals surface area contributed by atoms with Crippen LogP contribution < -0.4 is 32.5 Å². The summed E-state index contributed by atoms with van der Waals surface area (Å²) in [4.78, 5) is 74.7. The summed E-state index contributed by atoms with van der Waals surface area (Å²) < 4.78 is 10.6. The molecule has 0 aromatic heterocycles. The summed E-state index contributed by atoms with van der Waals surface area (Å²) in [5.41, 5.74) is 10.3. The van der Waals surface area contributed by atoms with Crippen molar-refractivity contribution in [3.63, 3.8) is 0 Å². The van der Waals surface area contributed by atoms with Crippen LogP contribution in [0.5, 0.6) is 0 Å². The van der Waals surface area contributed by atoms with Crippen molar-refractivity contribution in [1.29, 1.82) is 0 Å². The van der Waals surface area contributed by atoms with Crippen LogP contribution in [-0.2, 0) is 38.2 Å². The van der Waals surface area contributed by atoms with Gasteiger partial charge >= 0.3 is 5.97 Å². The van der Waals surface area contributed by atoms with Crippen molar-refractivity contribution in [3.8, 4) is 0 Å². The van der Waals surface area contributed by atoms with E-state index in [4.69, 9.17) is 15.2 Å². The van der Waals surface area contributed by atoms with Gasteiger partial charge in [0.2, 0.25) is 11.8 Å². The fraction of sp³-hybridized carbons (Fsp3) is 0.806. The van der Waals surface area contributed by atoms with Crippen LogP contribution in [0.1, 0.15) is 87.5 Å². The minimum atomic E-state index is -1.08. The standard InChI is InChI=1S/C31H56N6O9/c1-17(2)13-23(30(44)35-21-10-12-45-20(5)29(21)43)37-36-22(14-27(32)41)26(40)16-34-18(3)24(38)9-11-33-19(4)25(39)15-28(42)46-31(6,7)8/h17-23,29,33-34,36-37,43H,9-16H2,1-8H3,(H2,32,41)(H,35,44)/t18-,19-,20-,21-,22-,23-,29+/m0/s1. The van der Waals surface area contributed by atoms with Crippen LogP contribution in [-0.4, -0.2) is 108 Å². The van der Waals surface area contributed by atoms with Gasteiger partial charge in [0.25, 0.3) is 0 Å². The lowest BCUT2D eigenvalue weighted by atomic mass is 9.98. The molecule has 0 bridgehead atoms. The number of primary amides is 1. The van der Waals surface area contributed by atoms with Crippen molar-refractivity contribution in [2.24, 2.45) is 11.7 Å². The zero-order chi connectivity index (χ0) is 35.2. The van der Waals surface area contributed by atoms with E-state index in [-0.39, 0.29) is 55.7 Å². The Morgan fingerprint density at radius 2 is 1.54 bits per heavy atom. The molecule has 0 aromatic rings. The molecule has 1 aliphatic heterocycles. The summed E-state index contributed by atoms with van der Waals surface area (Å²) in [6, 6.07) is -3.73. The third-order valence-corrected chi connectivity index (χ3v) is 7.39. The Bertz CT molecular complexity index is 1050. The van der Waals surface area contributed by atoms with Crippen LogP contribution in [0.3, 0.4) is 0 Å². The first-order valence-corrected chi connectivity index (χ1v) is 16.0. The predicted molar refractivity (Wildman–Crippen MR) is 170 cm³/mol. The average molecular weight is 657 g/mol. The minimum absolute atomic E-state index is 0.0591. The van der Waals surface area contributed by atoms with Crippen LogP contribution in [0.25, 0.3) is 0 Å². The normalized spacial score (nSPS) is 21.1. The van der Waals surface area contributed by atoms with Gasteiger partial charge in [0.05, 0.1) is 43.2 Å². The number of ketones is 3. The van der Waals surface area contributed by atoms with Gasteiger partial charge in [-0.05, 0) is 60.3 Å². The van der Waals surface area contributed by atoms with Crippen molar-refractivity contribution in [2.75, 3.05) is 19.7 Å². The fourth-order valence-electron chi connectivity index (χ4n) is 4.67. The maximum absolute atomic E-state index is 13.1. The number of carbonyl (C=O) groups is 6. The second kappa shape index (κ2) is 19.8. The number of hydrazine groups is 1. The quantitative estimate of drug-likeness (QED) is 0.0456. The zero-order valence-electron chi connectivity index (χ0n) is 28.6. The Balaban J connectivity index is 2.63. The van der Waals surface area contributed by atoms with Gasteiger partial charge < -0.3 is 36.3 Å². The molecule has 1 saturated heterocycles. The number of aliphatic hydroxyl groups is 1. The van der Waals surface area contributed by atoms with Gasteiger partial charge in [0.15, 0.2) is 17.3 Å². The highest BCUT2D eigenvalue weighted by Crippen LogP contribution is 2.15. The maximum atomic E-state index is 13.1. The Labute approximate surface area is 272 Å². The van der Waals surface area contributed by atoms with Crippen molar-refractivity contribution < 1.29 is 43.3 Å². The van der Waals surface area contributed by atoms with Gasteiger partial charge in [-0.2, -0.15) is 0 Å². The second-order valence-corrected chi connectivity index (χ2v) is 13.4. The minimum Gasteiger partial charge on any atom is -0.460 e. The van der Waals surface area contributed by atoms with E-state index in [1.807, 2.05) is 13.8 Å². The zero-order valence-corrected chi connectivity index (χ0v) is 28.6. The molecule has 0 aromatic carbocycles. The summed E-state index contributed by atoms with van der Waals surface area (Å²) in [5, 5.41) is 19.0. The number of hydrogen-bond donors (Lipinski definition) is 7. The molecule has 7 atom stereocenters. The summed E-state index contributed by atoms with van der Waals surface area (Å²) in [6.45, 7) is 14.2. The average Bonchev–Trinajstić information content (AvgIpc) is 2.93.